The molecule has 0 radical (unpaired) electrons. The van der Waals surface area contributed by atoms with Gasteiger partial charge in [0.25, 0.3) is 5.91 Å². The number of hydrogen-bond acceptors (Lipinski definition) is 16. The van der Waals surface area contributed by atoms with Crippen LogP contribution in [0.2, 0.25) is 0 Å². The number of urea groups is 2. The van der Waals surface area contributed by atoms with Crippen molar-refractivity contribution in [2.75, 3.05) is 52.4 Å². The van der Waals surface area contributed by atoms with Gasteiger partial charge in [0.05, 0.1) is 36.3 Å². The molecule has 0 unspecified atom stereocenters. The first-order valence-electron chi connectivity index (χ1n) is 33.8. The number of aliphatic carboxylic acids is 2. The third-order valence-corrected chi connectivity index (χ3v) is 17.5. The molecule has 8 atom stereocenters. The van der Waals surface area contributed by atoms with Crippen molar-refractivity contribution in [3.8, 4) is 0 Å². The van der Waals surface area contributed by atoms with E-state index in [-0.39, 0.29) is 58.8 Å². The summed E-state index contributed by atoms with van der Waals surface area (Å²) in [6.45, 7) is 16.3. The fourth-order valence-corrected chi connectivity index (χ4v) is 12.5. The van der Waals surface area contributed by atoms with Gasteiger partial charge in [-0.05, 0) is 71.9 Å². The highest BCUT2D eigenvalue weighted by Crippen LogP contribution is 2.43. The number of likely N-dealkylation sites (N-methyl/N-ethyl adjacent to an activating group) is 2. The molecule has 5 rings (SSSR count). The van der Waals surface area contributed by atoms with Gasteiger partial charge in [-0.3, -0.25) is 63.5 Å². The molecule has 9 N–H and O–H groups in total. The zero-order chi connectivity index (χ0) is 72.6. The summed E-state index contributed by atoms with van der Waals surface area (Å²) in [6.07, 6.45) is 2.96. The molecule has 2 aromatic carbocycles. The van der Waals surface area contributed by atoms with Crippen LogP contribution in [0, 0.1) is 11.8 Å². The average molecular weight is 1250 g/mol. The molecule has 3 aliphatic heterocycles. The van der Waals surface area contributed by atoms with E-state index in [2.05, 4.69) is 37.2 Å². The van der Waals surface area contributed by atoms with E-state index in [9.17, 15) is 67.7 Å². The van der Waals surface area contributed by atoms with E-state index in [0.29, 0.717) is 24.2 Å². The number of carbonyl (C=O) groups excluding carboxylic acids is 10. The summed E-state index contributed by atoms with van der Waals surface area (Å²) in [7, 11) is 0. The molecule has 474 valence electrons. The van der Waals surface area contributed by atoms with Crippen molar-refractivity contribution < 1.29 is 81.5 Å². The van der Waals surface area contributed by atoms with Crippen molar-refractivity contribution in [3.05, 3.63) is 71.6 Å². The van der Waals surface area contributed by atoms with Crippen LogP contribution in [0.3, 0.4) is 0 Å². The lowest BCUT2D eigenvalue weighted by molar-refractivity contribution is -0.153. The highest BCUT2D eigenvalue weighted by atomic mass is 32.2. The number of unbranched alkanes of at least 4 members (excludes halogenated alkanes) is 3. The minimum Gasteiger partial charge on any atom is -0.480 e. The fraction of sp³-hybridized carbons (Fsp3) is 0.600. The summed E-state index contributed by atoms with van der Waals surface area (Å²) in [5.41, 5.74) is -1.10. The van der Waals surface area contributed by atoms with E-state index in [1.54, 1.807) is 41.5 Å². The maximum atomic E-state index is 14.1. The molecule has 0 saturated carbocycles. The van der Waals surface area contributed by atoms with Gasteiger partial charge in [-0.15, -0.1) is 23.5 Å². The van der Waals surface area contributed by atoms with Gasteiger partial charge in [0.1, 0.15) is 24.2 Å². The summed E-state index contributed by atoms with van der Waals surface area (Å²) < 4.78 is 80.6. The number of carbonyl (C=O) groups is 12. The van der Waals surface area contributed by atoms with Crippen LogP contribution in [-0.4, -0.2) is 180 Å². The van der Waals surface area contributed by atoms with Crippen LogP contribution in [0.5, 0.6) is 0 Å². The number of rotatable bonds is 31. The number of carboxylic acids is 2. The third kappa shape index (κ3) is 20.4. The number of thioether (sulfide) groups is 2. The lowest BCUT2D eigenvalue weighted by Gasteiger charge is -2.33. The molecule has 3 fully saturated rings. The Balaban J connectivity index is 0.000000410. The topological polar surface area (TPSA) is 339 Å². The first-order chi connectivity index (χ1) is 44.9. The third-order valence-electron chi connectivity index (χ3n) is 14.4. The number of ketones is 3. The number of amides is 9. The predicted octanol–water partition coefficient (Wildman–Crippen LogP) is 4.53. The maximum absolute atomic E-state index is 14.1. The minimum atomic E-state index is -1.94. The zero-order valence-corrected chi connectivity index (χ0v) is 51.7. The first-order valence-corrected chi connectivity index (χ1v) is 30.5. The van der Waals surface area contributed by atoms with E-state index in [1.165, 1.54) is 9.80 Å². The average Bonchev–Trinajstić information content (AvgIpc) is 1.78. The van der Waals surface area contributed by atoms with Crippen molar-refractivity contribution in [1.82, 2.24) is 51.9 Å². The first kappa shape index (κ1) is 56.9. The molecule has 86 heavy (non-hydrogen) atoms. The van der Waals surface area contributed by atoms with Crippen LogP contribution in [-0.2, 0) is 47.9 Å². The molecule has 2 aromatic rings. The van der Waals surface area contributed by atoms with Gasteiger partial charge in [0.2, 0.25) is 17.6 Å². The summed E-state index contributed by atoms with van der Waals surface area (Å²) >= 11 is 2.30. The Hall–Kier alpha value is -6.90. The Morgan fingerprint density at radius 3 is 1.50 bits per heavy atom. The normalized spacial score (nSPS) is 21.6. The van der Waals surface area contributed by atoms with Gasteiger partial charge in [-0.1, -0.05) is 100 Å². The second-order valence-corrected chi connectivity index (χ2v) is 25.1. The molecular weight excluding hydrogens is 1150 g/mol. The molecule has 0 bridgehead atoms. The van der Waals surface area contributed by atoms with Crippen molar-refractivity contribution >= 4 is 94.4 Å². The molecule has 0 aliphatic carbocycles. The number of nitrogens with one attached hydrogen (secondary N) is 7. The zero-order valence-electron chi connectivity index (χ0n) is 60.1. The lowest BCUT2D eigenvalue weighted by atomic mass is 9.93. The van der Waals surface area contributed by atoms with Crippen LogP contribution in [0.4, 0.5) is 9.59 Å². The van der Waals surface area contributed by atoms with E-state index in [0.717, 1.165) is 42.8 Å². The molecule has 0 aromatic heterocycles. The van der Waals surface area contributed by atoms with Gasteiger partial charge in [0, 0.05) is 81.1 Å². The van der Waals surface area contributed by atoms with Crippen LogP contribution in [0.15, 0.2) is 60.4 Å². The van der Waals surface area contributed by atoms with Crippen molar-refractivity contribution in [2.45, 2.75) is 165 Å². The number of carboxylic acid groups (broad SMARTS) is 2. The molecule has 0 spiro atoms. The number of piperazine rings is 1. The molecule has 3 saturated heterocycles. The number of benzene rings is 2. The van der Waals surface area contributed by atoms with E-state index >= 15 is 0 Å². The van der Waals surface area contributed by atoms with Crippen molar-refractivity contribution in [1.29, 1.82) is 0 Å². The Labute approximate surface area is 526 Å². The van der Waals surface area contributed by atoms with Crippen molar-refractivity contribution in [3.63, 3.8) is 0 Å². The molecule has 26 heteroatoms. The van der Waals surface area contributed by atoms with Gasteiger partial charge >= 0.3 is 35.8 Å². The molecule has 3 heterocycles. The molecular formula is C60H88N10O14S2. The lowest BCUT2D eigenvalue weighted by Crippen LogP contribution is -2.58. The van der Waals surface area contributed by atoms with E-state index in [4.69, 9.17) is 13.7 Å². The Kier molecular flexibility index (Phi) is 22.8. The molecule has 24 nitrogen and oxygen atoms in total. The standard InChI is InChI=1S/C32H49N5O7S.C28H39N5O7S/c1-6-9-16-23(38)29(41)37(8-3)19-18-34-31(44)35-25(21-14-12-11-13-15-21)24(39)20-22(27(40)33-17-10-7-2)28-36-26(30(42)43)32(4,5)45-28;1-5-7-13-29-22(35)18(23-31-21(26(38)39)28(3,4)41-23)16-19(34)20(17-11-9-8-10-12-17)30-27(40)33-15-14-32(6-2)24(36)25(33)37/h11-15,22,25-26,28,36H,6-10,16-20H2,1-5H3,(H,33,40)(H,42,43)(H2,34,35,44);8-12,18,20-21,23,31H,5-7,13-16H2,1-4H3,(H,29,35)(H,30,40)(H,38,39)/t22-,25-,26+,28-;18-,20-,21+,23-/m11/s1/i11D,12D,13D,14D,15D;8D,9D,10D,11D,12D. The van der Waals surface area contributed by atoms with Crippen LogP contribution >= 0.6 is 23.5 Å². The Morgan fingerprint density at radius 2 is 1.09 bits per heavy atom. The largest absolute Gasteiger partial charge is 0.480 e. The second kappa shape index (κ2) is 34.4. The Morgan fingerprint density at radius 1 is 0.640 bits per heavy atom. The van der Waals surface area contributed by atoms with Crippen LogP contribution in [0.1, 0.15) is 157 Å². The van der Waals surface area contributed by atoms with Gasteiger partial charge in [-0.25, -0.2) is 9.59 Å². The molecule has 3 aliphatic rings. The quantitative estimate of drug-likeness (QED) is 0.0370. The number of Topliss-reactive ketones (excluding diaryl/α,β-unsaturated/α-hetero) is 3. The van der Waals surface area contributed by atoms with E-state index in [1.807, 2.05) is 20.8 Å². The van der Waals surface area contributed by atoms with Gasteiger partial charge in [0.15, 0.2) is 11.6 Å². The number of hydrogen-bond donors (Lipinski definition) is 9. The Bertz CT molecular complexity index is 3240. The van der Waals surface area contributed by atoms with Crippen molar-refractivity contribution in [2.24, 2.45) is 11.8 Å². The summed E-state index contributed by atoms with van der Waals surface area (Å²) in [4.78, 5) is 159. The van der Waals surface area contributed by atoms with Gasteiger partial charge < -0.3 is 46.6 Å². The second-order valence-electron chi connectivity index (χ2n) is 21.5. The SMILES string of the molecule is [2H]c1c([2H])c([2H])c([C@@H](NC(=O)N2CCN(CC)C(=O)C2=O)C(=O)C[C@H](C(=O)NCCCC)[C@@H]2N[C@@H](C(=O)O)C(C)(C)S2)c([2H])c1[2H].[2H]c1c([2H])c([2H])c([C@@H](NC(=O)NCCN(CC)C(=O)C(=O)CCCC)C(=O)C[C@H](C(=O)NCCCC)[C@@H]2N[C@@H](C(=O)O)C(C)(C)S2)c([2H])c1[2H]. The summed E-state index contributed by atoms with van der Waals surface area (Å²) in [5.74, 6) is -11.0. The maximum Gasteiger partial charge on any atom is 0.325 e. The predicted molar refractivity (Wildman–Crippen MR) is 326 cm³/mol. The number of imide groups is 1. The van der Waals surface area contributed by atoms with Crippen LogP contribution in [0.25, 0.3) is 0 Å². The van der Waals surface area contributed by atoms with Gasteiger partial charge in [-0.2, -0.15) is 0 Å². The fourth-order valence-electron chi connectivity index (χ4n) is 9.42. The molecule has 9 amide bonds. The highest BCUT2D eigenvalue weighted by Gasteiger charge is 2.51. The smallest absolute Gasteiger partial charge is 0.325 e. The van der Waals surface area contributed by atoms with E-state index < -0.39 is 212 Å². The monoisotopic (exact) mass is 1250 g/mol. The summed E-state index contributed by atoms with van der Waals surface area (Å²) in [6, 6.07) is -15.6. The highest BCUT2D eigenvalue weighted by molar-refractivity contribution is 8.01. The number of nitrogens with zero attached hydrogens (tertiary/aromatic N) is 3. The summed E-state index contributed by atoms with van der Waals surface area (Å²) in [5, 5.41) is 36.4. The minimum absolute atomic E-state index is 0.0207. The van der Waals surface area contributed by atoms with Crippen LogP contribution < -0.4 is 37.2 Å².